The van der Waals surface area contributed by atoms with E-state index in [4.69, 9.17) is 4.42 Å². The Bertz CT molecular complexity index is 486. The minimum absolute atomic E-state index is 0.365. The molecule has 0 spiro atoms. The molecule has 0 fully saturated rings. The van der Waals surface area contributed by atoms with Gasteiger partial charge in [-0.15, -0.1) is 0 Å². The van der Waals surface area contributed by atoms with Gasteiger partial charge >= 0.3 is 0 Å². The molecule has 2 N–H and O–H groups in total. The lowest BCUT2D eigenvalue weighted by Gasteiger charge is -2.19. The third kappa shape index (κ3) is 4.90. The molecule has 0 saturated heterocycles. The quantitative estimate of drug-likeness (QED) is 0.678. The number of aromatic nitrogens is 1. The van der Waals surface area contributed by atoms with Gasteiger partial charge < -0.3 is 9.73 Å². The van der Waals surface area contributed by atoms with E-state index in [0.717, 1.165) is 13.0 Å². The lowest BCUT2D eigenvalue weighted by Crippen LogP contribution is -2.40. The molecule has 0 saturated carbocycles. The zero-order valence-corrected chi connectivity index (χ0v) is 12.6. The number of nitrogens with zero attached hydrogens (tertiary/aromatic N) is 2. The minimum Gasteiger partial charge on any atom is -0.444 e. The van der Waals surface area contributed by atoms with Crippen molar-refractivity contribution in [2.24, 2.45) is 0 Å². The van der Waals surface area contributed by atoms with Crippen LogP contribution in [0.1, 0.15) is 31.0 Å². The highest BCUT2D eigenvalue weighted by Gasteiger charge is 2.22. The van der Waals surface area contributed by atoms with E-state index < -0.39 is 16.3 Å². The lowest BCUT2D eigenvalue weighted by atomic mass is 10.4. The van der Waals surface area contributed by atoms with E-state index in [2.05, 4.69) is 15.0 Å². The predicted octanol–water partition coefficient (Wildman–Crippen LogP) is 0.420. The maximum Gasteiger partial charge on any atom is 0.279 e. The summed E-state index contributed by atoms with van der Waals surface area (Å²) in [7, 11) is -0.143. The Hall–Kier alpha value is -0.960. The molecule has 7 nitrogen and oxygen atoms in total. The molecule has 1 heterocycles. The van der Waals surface area contributed by atoms with Gasteiger partial charge in [0.15, 0.2) is 0 Å². The molecule has 19 heavy (non-hydrogen) atoms. The van der Waals surface area contributed by atoms with Crippen LogP contribution in [0.15, 0.2) is 10.6 Å². The highest BCUT2D eigenvalue weighted by molar-refractivity contribution is 7.87. The molecule has 0 aromatic carbocycles. The summed E-state index contributed by atoms with van der Waals surface area (Å²) in [5.74, 6) is 1.02. The zero-order valence-electron chi connectivity index (χ0n) is 11.8. The van der Waals surface area contributed by atoms with Crippen molar-refractivity contribution < 1.29 is 12.8 Å². The third-order valence-corrected chi connectivity index (χ3v) is 4.30. The summed E-state index contributed by atoms with van der Waals surface area (Å²) < 4.78 is 33.2. The Morgan fingerprint density at radius 3 is 2.74 bits per heavy atom. The first kappa shape index (κ1) is 16.1. The first-order chi connectivity index (χ1) is 8.86. The number of hydrogen-bond acceptors (Lipinski definition) is 5. The molecule has 1 unspecified atom stereocenters. The predicted molar refractivity (Wildman–Crippen MR) is 72.9 cm³/mol. The van der Waals surface area contributed by atoms with E-state index >= 15 is 0 Å². The lowest BCUT2D eigenvalue weighted by molar-refractivity contribution is 0.406. The number of oxazole rings is 1. The van der Waals surface area contributed by atoms with Crippen LogP contribution in [0.3, 0.4) is 0 Å². The van der Waals surface area contributed by atoms with Crippen LogP contribution < -0.4 is 10.0 Å². The van der Waals surface area contributed by atoms with Gasteiger partial charge in [0.1, 0.15) is 5.76 Å². The average molecular weight is 290 g/mol. The van der Waals surface area contributed by atoms with Gasteiger partial charge in [0.05, 0.1) is 12.2 Å². The van der Waals surface area contributed by atoms with Gasteiger partial charge in [0.2, 0.25) is 5.89 Å². The molecule has 1 rings (SSSR count). The fourth-order valence-electron chi connectivity index (χ4n) is 1.53. The molecular formula is C11H22N4O3S. The minimum atomic E-state index is -3.52. The average Bonchev–Trinajstić information content (AvgIpc) is 2.75. The van der Waals surface area contributed by atoms with Crippen LogP contribution in [0.2, 0.25) is 0 Å². The standard InChI is InChI=1S/C11H22N4O3S/c1-9-8-13-11(18-9)10(2)14-19(16,17)15(4)7-5-6-12-3/h8,10,12,14H,5-7H2,1-4H3. The highest BCUT2D eigenvalue weighted by atomic mass is 32.2. The molecule has 0 aliphatic rings. The molecule has 110 valence electrons. The normalized spacial score (nSPS) is 13.9. The summed E-state index contributed by atoms with van der Waals surface area (Å²) in [6.07, 6.45) is 2.32. The Kier molecular flexibility index (Phi) is 5.92. The Balaban J connectivity index is 2.58. The second kappa shape index (κ2) is 6.99. The monoisotopic (exact) mass is 290 g/mol. The molecule has 0 aliphatic heterocycles. The van der Waals surface area contributed by atoms with Gasteiger partial charge in [-0.05, 0) is 33.9 Å². The van der Waals surface area contributed by atoms with Crippen LogP contribution in [-0.2, 0) is 10.2 Å². The van der Waals surface area contributed by atoms with Crippen molar-refractivity contribution in [3.63, 3.8) is 0 Å². The van der Waals surface area contributed by atoms with E-state index in [1.54, 1.807) is 27.1 Å². The van der Waals surface area contributed by atoms with Crippen molar-refractivity contribution in [3.8, 4) is 0 Å². The van der Waals surface area contributed by atoms with Gasteiger partial charge in [-0.3, -0.25) is 0 Å². The molecule has 0 amide bonds. The molecular weight excluding hydrogens is 268 g/mol. The van der Waals surface area contributed by atoms with Crippen LogP contribution in [0.25, 0.3) is 0 Å². The molecule has 1 atom stereocenters. The van der Waals surface area contributed by atoms with Crippen LogP contribution in [0.4, 0.5) is 0 Å². The summed E-state index contributed by atoms with van der Waals surface area (Å²) in [6.45, 7) is 4.69. The third-order valence-electron chi connectivity index (χ3n) is 2.65. The number of nitrogens with one attached hydrogen (secondary N) is 2. The van der Waals surface area contributed by atoms with Gasteiger partial charge in [-0.2, -0.15) is 17.4 Å². The number of aryl methyl sites for hydroxylation is 1. The van der Waals surface area contributed by atoms with Gasteiger partial charge in [0, 0.05) is 13.6 Å². The van der Waals surface area contributed by atoms with Crippen molar-refractivity contribution >= 4 is 10.2 Å². The Morgan fingerprint density at radius 1 is 1.53 bits per heavy atom. The van der Waals surface area contributed by atoms with E-state index in [0.29, 0.717) is 18.2 Å². The molecule has 0 aliphatic carbocycles. The van der Waals surface area contributed by atoms with E-state index in [-0.39, 0.29) is 0 Å². The summed E-state index contributed by atoms with van der Waals surface area (Å²) in [6, 6.07) is -0.495. The largest absolute Gasteiger partial charge is 0.444 e. The fourth-order valence-corrected chi connectivity index (χ4v) is 2.63. The first-order valence-electron chi connectivity index (χ1n) is 6.17. The van der Waals surface area contributed by atoms with E-state index in [1.807, 2.05) is 7.05 Å². The Morgan fingerprint density at radius 2 is 2.21 bits per heavy atom. The topological polar surface area (TPSA) is 87.5 Å². The maximum absolute atomic E-state index is 12.0. The maximum atomic E-state index is 12.0. The summed E-state index contributed by atoms with van der Waals surface area (Å²) in [5, 5.41) is 2.98. The Labute approximate surface area is 114 Å². The smallest absolute Gasteiger partial charge is 0.279 e. The number of hydrogen-bond donors (Lipinski definition) is 2. The van der Waals surface area contributed by atoms with E-state index in [9.17, 15) is 8.42 Å². The van der Waals surface area contributed by atoms with Crippen LogP contribution in [0, 0.1) is 6.92 Å². The fraction of sp³-hybridized carbons (Fsp3) is 0.727. The summed E-state index contributed by atoms with van der Waals surface area (Å²) in [5.41, 5.74) is 0. The molecule has 0 bridgehead atoms. The zero-order chi connectivity index (χ0) is 14.5. The summed E-state index contributed by atoms with van der Waals surface area (Å²) in [4.78, 5) is 4.01. The van der Waals surface area contributed by atoms with Crippen LogP contribution in [-0.4, -0.2) is 44.9 Å². The van der Waals surface area contributed by atoms with Crippen molar-refractivity contribution in [1.82, 2.24) is 19.3 Å². The van der Waals surface area contributed by atoms with Crippen molar-refractivity contribution in [2.75, 3.05) is 27.2 Å². The molecule has 8 heteroatoms. The molecule has 1 aromatic heterocycles. The van der Waals surface area contributed by atoms with Crippen molar-refractivity contribution in [3.05, 3.63) is 17.8 Å². The van der Waals surface area contributed by atoms with Gasteiger partial charge in [-0.25, -0.2) is 4.98 Å². The van der Waals surface area contributed by atoms with Crippen molar-refractivity contribution in [1.29, 1.82) is 0 Å². The van der Waals surface area contributed by atoms with Crippen molar-refractivity contribution in [2.45, 2.75) is 26.3 Å². The SMILES string of the molecule is CNCCCN(C)S(=O)(=O)NC(C)c1ncc(C)o1. The van der Waals surface area contributed by atoms with Crippen LogP contribution >= 0.6 is 0 Å². The second-order valence-electron chi connectivity index (χ2n) is 4.43. The van der Waals surface area contributed by atoms with Gasteiger partial charge in [-0.1, -0.05) is 0 Å². The highest BCUT2D eigenvalue weighted by Crippen LogP contribution is 2.13. The first-order valence-corrected chi connectivity index (χ1v) is 7.61. The second-order valence-corrected chi connectivity index (χ2v) is 6.24. The van der Waals surface area contributed by atoms with Crippen LogP contribution in [0.5, 0.6) is 0 Å². The number of rotatable bonds is 8. The van der Waals surface area contributed by atoms with E-state index in [1.165, 1.54) is 4.31 Å². The summed E-state index contributed by atoms with van der Waals surface area (Å²) >= 11 is 0. The van der Waals surface area contributed by atoms with Gasteiger partial charge in [0.25, 0.3) is 10.2 Å². The molecule has 0 radical (unpaired) electrons. The molecule has 1 aromatic rings.